The first kappa shape index (κ1) is 17.7. The number of carbonyl (C=O) groups excluding carboxylic acids is 1. The summed E-state index contributed by atoms with van der Waals surface area (Å²) in [6.07, 6.45) is 0. The second-order valence-corrected chi connectivity index (χ2v) is 6.52. The molecule has 0 radical (unpaired) electrons. The number of hydrogen-bond acceptors (Lipinski definition) is 3. The molecule has 1 amide bonds. The van der Waals surface area contributed by atoms with Crippen molar-refractivity contribution >= 4 is 34.2 Å². The minimum absolute atomic E-state index is 0.0293. The molecule has 0 heterocycles. The van der Waals surface area contributed by atoms with Crippen molar-refractivity contribution in [2.24, 2.45) is 0 Å². The number of para-hydroxylation sites is 2. The van der Waals surface area contributed by atoms with Crippen LogP contribution in [0.2, 0.25) is 0 Å². The number of rotatable bonds is 6. The van der Waals surface area contributed by atoms with E-state index in [2.05, 4.69) is 34.8 Å². The lowest BCUT2D eigenvalue weighted by Crippen LogP contribution is -2.32. The lowest BCUT2D eigenvalue weighted by atomic mass is 10.1. The molecule has 5 heteroatoms. The van der Waals surface area contributed by atoms with Crippen LogP contribution in [0.15, 0.2) is 48.5 Å². The van der Waals surface area contributed by atoms with Gasteiger partial charge in [-0.2, -0.15) is 0 Å². The zero-order valence-electron chi connectivity index (χ0n) is 13.5. The number of nitrogens with zero attached hydrogens (tertiary/aromatic N) is 1. The quantitative estimate of drug-likeness (QED) is 0.715. The van der Waals surface area contributed by atoms with Crippen LogP contribution in [0.5, 0.6) is 5.75 Å². The minimum atomic E-state index is -0.0293. The van der Waals surface area contributed by atoms with Crippen molar-refractivity contribution < 1.29 is 9.53 Å². The molecule has 23 heavy (non-hydrogen) atoms. The van der Waals surface area contributed by atoms with Crippen molar-refractivity contribution in [1.29, 1.82) is 0 Å². The fourth-order valence-electron chi connectivity index (χ4n) is 2.36. The Kier molecular flexibility index (Phi) is 6.41. The third-order valence-electron chi connectivity index (χ3n) is 3.79. The summed E-state index contributed by atoms with van der Waals surface area (Å²) in [5.41, 5.74) is 1.91. The van der Waals surface area contributed by atoms with E-state index in [0.717, 1.165) is 20.6 Å². The number of likely N-dealkylation sites (N-methyl/N-ethyl adjacent to an activating group) is 1. The highest BCUT2D eigenvalue weighted by Gasteiger charge is 2.18. The number of ether oxygens (including phenoxy) is 1. The number of methoxy groups -OCH3 is 1. The number of benzene rings is 2. The molecule has 122 valence electrons. The maximum atomic E-state index is 12.3. The summed E-state index contributed by atoms with van der Waals surface area (Å²) in [6, 6.07) is 15.7. The van der Waals surface area contributed by atoms with E-state index in [4.69, 9.17) is 4.74 Å². The zero-order chi connectivity index (χ0) is 16.8. The highest BCUT2D eigenvalue weighted by Crippen LogP contribution is 2.28. The summed E-state index contributed by atoms with van der Waals surface area (Å²) in [4.78, 5) is 14.3. The van der Waals surface area contributed by atoms with Crippen molar-refractivity contribution in [3.05, 3.63) is 57.7 Å². The Morgan fingerprint density at radius 2 is 1.87 bits per heavy atom. The van der Waals surface area contributed by atoms with Gasteiger partial charge in [0, 0.05) is 15.2 Å². The summed E-state index contributed by atoms with van der Waals surface area (Å²) in [6.45, 7) is 2.38. The Labute approximate surface area is 151 Å². The summed E-state index contributed by atoms with van der Waals surface area (Å²) in [5.74, 6) is 0.809. The largest absolute Gasteiger partial charge is 0.496 e. The maximum absolute atomic E-state index is 12.3. The Balaban J connectivity index is 2.02. The summed E-state index contributed by atoms with van der Waals surface area (Å²) < 4.78 is 6.43. The van der Waals surface area contributed by atoms with Crippen molar-refractivity contribution in [1.82, 2.24) is 4.90 Å². The van der Waals surface area contributed by atoms with E-state index < -0.39 is 0 Å². The van der Waals surface area contributed by atoms with Crippen molar-refractivity contribution in [3.8, 4) is 5.75 Å². The van der Waals surface area contributed by atoms with Crippen LogP contribution in [-0.4, -0.2) is 31.5 Å². The summed E-state index contributed by atoms with van der Waals surface area (Å²) >= 11 is 2.21. The molecule has 0 aromatic heterocycles. The molecule has 0 fully saturated rings. The Morgan fingerprint density at radius 1 is 1.22 bits per heavy atom. The van der Waals surface area contributed by atoms with Crippen molar-refractivity contribution in [3.63, 3.8) is 0 Å². The molecule has 0 aliphatic heterocycles. The van der Waals surface area contributed by atoms with Crippen molar-refractivity contribution in [2.75, 3.05) is 26.0 Å². The first-order valence-corrected chi connectivity index (χ1v) is 8.48. The lowest BCUT2D eigenvalue weighted by Gasteiger charge is -2.25. The van der Waals surface area contributed by atoms with Crippen molar-refractivity contribution in [2.45, 2.75) is 13.0 Å². The van der Waals surface area contributed by atoms with Gasteiger partial charge in [-0.1, -0.05) is 30.3 Å². The third-order valence-corrected chi connectivity index (χ3v) is 4.73. The minimum Gasteiger partial charge on any atom is -0.496 e. The number of amides is 1. The molecule has 2 aromatic rings. The van der Waals surface area contributed by atoms with Crippen LogP contribution in [0.25, 0.3) is 0 Å². The average molecular weight is 424 g/mol. The number of anilines is 1. The van der Waals surface area contributed by atoms with E-state index in [1.807, 2.05) is 60.5 Å². The molecule has 1 unspecified atom stereocenters. The first-order chi connectivity index (χ1) is 11.0. The zero-order valence-corrected chi connectivity index (χ0v) is 15.7. The summed E-state index contributed by atoms with van der Waals surface area (Å²) in [5, 5.41) is 2.96. The van der Waals surface area contributed by atoms with Gasteiger partial charge >= 0.3 is 0 Å². The highest BCUT2D eigenvalue weighted by atomic mass is 127. The maximum Gasteiger partial charge on any atom is 0.238 e. The van der Waals surface area contributed by atoms with Crippen LogP contribution >= 0.6 is 22.6 Å². The normalized spacial score (nSPS) is 12.0. The monoisotopic (exact) mass is 424 g/mol. The van der Waals surface area contributed by atoms with Gasteiger partial charge in [0.15, 0.2) is 0 Å². The predicted octanol–water partition coefficient (Wildman–Crippen LogP) is 3.93. The molecule has 0 aliphatic carbocycles. The van der Waals surface area contributed by atoms with E-state index in [0.29, 0.717) is 6.54 Å². The average Bonchev–Trinajstić information content (AvgIpc) is 2.56. The van der Waals surface area contributed by atoms with E-state index in [9.17, 15) is 4.79 Å². The molecule has 2 rings (SSSR count). The number of carbonyl (C=O) groups is 1. The topological polar surface area (TPSA) is 41.6 Å². The Morgan fingerprint density at radius 3 is 2.57 bits per heavy atom. The number of hydrogen-bond donors (Lipinski definition) is 1. The van der Waals surface area contributed by atoms with Gasteiger partial charge in [0.2, 0.25) is 5.91 Å². The third kappa shape index (κ3) is 4.68. The predicted molar refractivity (Wildman–Crippen MR) is 102 cm³/mol. The standard InChI is InChI=1S/C18H21IN2O2/c1-13(14-8-4-7-11-17(14)23-3)21(2)12-18(22)20-16-10-6-5-9-15(16)19/h4-11,13H,12H2,1-3H3,(H,20,22). The van der Waals surface area contributed by atoms with E-state index in [-0.39, 0.29) is 11.9 Å². The van der Waals surface area contributed by atoms with Gasteiger partial charge in [0.05, 0.1) is 19.3 Å². The molecule has 0 spiro atoms. The number of halogens is 1. The molecule has 0 saturated heterocycles. The van der Waals surface area contributed by atoms with Gasteiger partial charge < -0.3 is 10.1 Å². The fourth-order valence-corrected chi connectivity index (χ4v) is 2.89. The van der Waals surface area contributed by atoms with Crippen LogP contribution in [0.4, 0.5) is 5.69 Å². The fraction of sp³-hybridized carbons (Fsp3) is 0.278. The molecule has 2 aromatic carbocycles. The van der Waals surface area contributed by atoms with Gasteiger partial charge in [0.25, 0.3) is 0 Å². The molecule has 4 nitrogen and oxygen atoms in total. The van der Waals surface area contributed by atoms with Gasteiger partial charge in [-0.25, -0.2) is 0 Å². The molecular weight excluding hydrogens is 403 g/mol. The SMILES string of the molecule is COc1ccccc1C(C)N(C)CC(=O)Nc1ccccc1I. The van der Waals surface area contributed by atoms with Crippen LogP contribution in [0, 0.1) is 3.57 Å². The van der Waals surface area contributed by atoms with Crippen LogP contribution in [0.3, 0.4) is 0 Å². The molecule has 0 aliphatic rings. The Bertz CT molecular complexity index is 676. The summed E-state index contributed by atoms with van der Waals surface area (Å²) in [7, 11) is 3.60. The number of nitrogens with one attached hydrogen (secondary N) is 1. The molecule has 1 atom stereocenters. The molecule has 0 bridgehead atoms. The second-order valence-electron chi connectivity index (χ2n) is 5.36. The second kappa shape index (κ2) is 8.31. The van der Waals surface area contributed by atoms with Gasteiger partial charge in [-0.05, 0) is 54.8 Å². The molecule has 1 N–H and O–H groups in total. The molecular formula is C18H21IN2O2. The highest BCUT2D eigenvalue weighted by molar-refractivity contribution is 14.1. The van der Waals surface area contributed by atoms with E-state index in [1.165, 1.54) is 0 Å². The smallest absolute Gasteiger partial charge is 0.238 e. The van der Waals surface area contributed by atoms with Gasteiger partial charge in [0.1, 0.15) is 5.75 Å². The van der Waals surface area contributed by atoms with Gasteiger partial charge in [-0.15, -0.1) is 0 Å². The van der Waals surface area contributed by atoms with Crippen LogP contribution < -0.4 is 10.1 Å². The molecule has 0 saturated carbocycles. The van der Waals surface area contributed by atoms with Crippen LogP contribution in [-0.2, 0) is 4.79 Å². The van der Waals surface area contributed by atoms with E-state index >= 15 is 0 Å². The van der Waals surface area contributed by atoms with Crippen LogP contribution in [0.1, 0.15) is 18.5 Å². The van der Waals surface area contributed by atoms with E-state index in [1.54, 1.807) is 7.11 Å². The Hall–Kier alpha value is -1.60. The first-order valence-electron chi connectivity index (χ1n) is 7.40. The lowest BCUT2D eigenvalue weighted by molar-refractivity contribution is -0.117. The van der Waals surface area contributed by atoms with Gasteiger partial charge in [-0.3, -0.25) is 9.69 Å².